The van der Waals surface area contributed by atoms with Crippen molar-refractivity contribution in [2.75, 3.05) is 5.32 Å². The van der Waals surface area contributed by atoms with Gasteiger partial charge in [-0.3, -0.25) is 9.59 Å². The van der Waals surface area contributed by atoms with Crippen molar-refractivity contribution in [1.82, 2.24) is 0 Å². The monoisotopic (exact) mass is 311 g/mol. The third kappa shape index (κ3) is 3.13. The van der Waals surface area contributed by atoms with Gasteiger partial charge >= 0.3 is 5.97 Å². The fourth-order valence-electron chi connectivity index (χ4n) is 2.69. The van der Waals surface area contributed by atoms with Gasteiger partial charge in [-0.15, -0.1) is 0 Å². The van der Waals surface area contributed by atoms with Gasteiger partial charge in [0.25, 0.3) is 0 Å². The Balaban J connectivity index is 1.37. The maximum atomic E-state index is 12.2. The van der Waals surface area contributed by atoms with E-state index in [1.54, 1.807) is 30.5 Å². The van der Waals surface area contributed by atoms with Gasteiger partial charge in [0.1, 0.15) is 11.5 Å². The Morgan fingerprint density at radius 2 is 2.04 bits per heavy atom. The van der Waals surface area contributed by atoms with E-state index in [-0.39, 0.29) is 29.6 Å². The van der Waals surface area contributed by atoms with Crippen molar-refractivity contribution in [1.29, 1.82) is 0 Å². The number of hydrogen-bond donors (Lipinski definition) is 1. The van der Waals surface area contributed by atoms with Crippen molar-refractivity contribution in [3.8, 4) is 5.75 Å². The van der Waals surface area contributed by atoms with Crippen LogP contribution in [0.2, 0.25) is 0 Å². The lowest BCUT2D eigenvalue weighted by Crippen LogP contribution is -2.14. The van der Waals surface area contributed by atoms with Gasteiger partial charge in [0, 0.05) is 23.6 Å². The summed E-state index contributed by atoms with van der Waals surface area (Å²) in [5.74, 6) is 1.18. The fourth-order valence-corrected chi connectivity index (χ4v) is 2.69. The van der Waals surface area contributed by atoms with Gasteiger partial charge in [0.2, 0.25) is 5.91 Å². The molecule has 2 aromatic rings. The molecule has 2 aliphatic rings. The number of rotatable bonds is 5. The molecule has 2 atom stereocenters. The van der Waals surface area contributed by atoms with Crippen LogP contribution in [0.3, 0.4) is 0 Å². The minimum atomic E-state index is -0.253. The number of esters is 1. The Kier molecular flexibility index (Phi) is 3.41. The number of hydrogen-bond acceptors (Lipinski definition) is 4. The number of amides is 1. The lowest BCUT2D eigenvalue weighted by Gasteiger charge is -2.07. The molecule has 1 aromatic heterocycles. The van der Waals surface area contributed by atoms with Gasteiger partial charge in [-0.1, -0.05) is 6.07 Å². The molecule has 1 aromatic carbocycles. The molecule has 5 heteroatoms. The summed E-state index contributed by atoms with van der Waals surface area (Å²) in [7, 11) is 0. The Hall–Kier alpha value is -2.56. The number of carbonyl (C=O) groups is 2. The van der Waals surface area contributed by atoms with Gasteiger partial charge in [0.05, 0.1) is 12.2 Å². The van der Waals surface area contributed by atoms with E-state index in [1.807, 2.05) is 12.1 Å². The Labute approximate surface area is 133 Å². The highest BCUT2D eigenvalue weighted by atomic mass is 16.5. The summed E-state index contributed by atoms with van der Waals surface area (Å²) in [6.45, 7) is 0. The van der Waals surface area contributed by atoms with Crippen LogP contribution in [0.25, 0.3) is 0 Å². The summed E-state index contributed by atoms with van der Waals surface area (Å²) in [4.78, 5) is 24.0. The van der Waals surface area contributed by atoms with Crippen LogP contribution in [0.1, 0.15) is 30.9 Å². The van der Waals surface area contributed by atoms with Crippen LogP contribution in [-0.2, 0) is 9.59 Å². The van der Waals surface area contributed by atoms with Gasteiger partial charge in [-0.25, -0.2) is 0 Å². The molecule has 2 aliphatic carbocycles. The average molecular weight is 311 g/mol. The zero-order valence-electron chi connectivity index (χ0n) is 12.5. The van der Waals surface area contributed by atoms with Crippen molar-refractivity contribution in [2.45, 2.75) is 25.2 Å². The van der Waals surface area contributed by atoms with Gasteiger partial charge in [-0.05, 0) is 43.5 Å². The molecule has 2 unspecified atom stereocenters. The first kappa shape index (κ1) is 14.1. The second kappa shape index (κ2) is 5.57. The molecule has 23 heavy (non-hydrogen) atoms. The van der Waals surface area contributed by atoms with Gasteiger partial charge in [0.15, 0.2) is 0 Å². The second-order valence-corrected chi connectivity index (χ2v) is 6.18. The van der Waals surface area contributed by atoms with Gasteiger partial charge in [-0.2, -0.15) is 0 Å². The number of ether oxygens (including phenoxy) is 1. The summed E-state index contributed by atoms with van der Waals surface area (Å²) in [6.07, 6.45) is 4.28. The van der Waals surface area contributed by atoms with E-state index in [1.165, 1.54) is 0 Å². The van der Waals surface area contributed by atoms with E-state index >= 15 is 0 Å². The molecular formula is C18H17NO4. The van der Waals surface area contributed by atoms with Crippen LogP contribution >= 0.6 is 0 Å². The predicted molar refractivity (Wildman–Crippen MR) is 83.0 cm³/mol. The molecular weight excluding hydrogens is 294 g/mol. The molecule has 5 nitrogen and oxygen atoms in total. The quantitative estimate of drug-likeness (QED) is 0.679. The average Bonchev–Trinajstić information content (AvgIpc) is 3.46. The first-order valence-electron chi connectivity index (χ1n) is 7.87. The lowest BCUT2D eigenvalue weighted by atomic mass is 10.2. The number of carbonyl (C=O) groups excluding carboxylic acids is 2. The predicted octanol–water partition coefficient (Wildman–Crippen LogP) is 3.34. The highest BCUT2D eigenvalue weighted by Crippen LogP contribution is 2.48. The molecule has 0 radical (unpaired) electrons. The maximum Gasteiger partial charge on any atom is 0.315 e. The largest absolute Gasteiger partial charge is 0.469 e. The highest BCUT2D eigenvalue weighted by molar-refractivity contribution is 5.94. The Morgan fingerprint density at radius 1 is 1.17 bits per heavy atom. The summed E-state index contributed by atoms with van der Waals surface area (Å²) < 4.78 is 10.8. The standard InChI is InChI=1S/C18H17NO4/c20-17(11-6-7-11)19-12-3-1-4-13(9-12)23-18(21)15-10-14(15)16-5-2-8-22-16/h1-5,8-9,11,14-15H,6-7,10H2,(H,19,20). The summed E-state index contributed by atoms with van der Waals surface area (Å²) >= 11 is 0. The van der Waals surface area contributed by atoms with Crippen LogP contribution in [0.5, 0.6) is 5.75 Å². The van der Waals surface area contributed by atoms with Crippen molar-refractivity contribution in [3.63, 3.8) is 0 Å². The second-order valence-electron chi connectivity index (χ2n) is 6.18. The lowest BCUT2D eigenvalue weighted by molar-refractivity contribution is -0.136. The van der Waals surface area contributed by atoms with Crippen LogP contribution in [0, 0.1) is 11.8 Å². The zero-order chi connectivity index (χ0) is 15.8. The summed E-state index contributed by atoms with van der Waals surface area (Å²) in [6, 6.07) is 10.7. The molecule has 4 rings (SSSR count). The molecule has 0 saturated heterocycles. The summed E-state index contributed by atoms with van der Waals surface area (Å²) in [5.41, 5.74) is 0.658. The number of nitrogens with one attached hydrogen (secondary N) is 1. The number of furan rings is 1. The molecule has 0 bridgehead atoms. The normalized spacial score (nSPS) is 22.4. The first-order valence-corrected chi connectivity index (χ1v) is 7.87. The maximum absolute atomic E-state index is 12.2. The van der Waals surface area contributed by atoms with E-state index in [4.69, 9.17) is 9.15 Å². The van der Waals surface area contributed by atoms with Crippen LogP contribution < -0.4 is 10.1 Å². The minimum absolute atomic E-state index is 0.0357. The third-order valence-corrected chi connectivity index (χ3v) is 4.27. The molecule has 2 saturated carbocycles. The molecule has 0 aliphatic heterocycles. The van der Waals surface area contributed by atoms with E-state index in [0.717, 1.165) is 25.0 Å². The molecule has 0 spiro atoms. The molecule has 1 amide bonds. The van der Waals surface area contributed by atoms with E-state index < -0.39 is 0 Å². The molecule has 1 N–H and O–H groups in total. The smallest absolute Gasteiger partial charge is 0.315 e. The molecule has 1 heterocycles. The zero-order valence-corrected chi connectivity index (χ0v) is 12.5. The van der Waals surface area contributed by atoms with Gasteiger partial charge < -0.3 is 14.5 Å². The van der Waals surface area contributed by atoms with Crippen molar-refractivity contribution >= 4 is 17.6 Å². The molecule has 2 fully saturated rings. The van der Waals surface area contributed by atoms with E-state index in [9.17, 15) is 9.59 Å². The molecule has 118 valence electrons. The van der Waals surface area contributed by atoms with Crippen molar-refractivity contribution in [3.05, 3.63) is 48.4 Å². The number of anilines is 1. The fraction of sp³-hybridized carbons (Fsp3) is 0.333. The van der Waals surface area contributed by atoms with Crippen molar-refractivity contribution in [2.24, 2.45) is 11.8 Å². The Morgan fingerprint density at radius 3 is 2.78 bits per heavy atom. The van der Waals surface area contributed by atoms with E-state index in [2.05, 4.69) is 5.32 Å². The topological polar surface area (TPSA) is 68.5 Å². The SMILES string of the molecule is O=C(Nc1cccc(OC(=O)C2CC2c2ccco2)c1)C1CC1. The van der Waals surface area contributed by atoms with Crippen LogP contribution in [0.4, 0.5) is 5.69 Å². The van der Waals surface area contributed by atoms with Crippen LogP contribution in [-0.4, -0.2) is 11.9 Å². The number of benzene rings is 1. The summed E-state index contributed by atoms with van der Waals surface area (Å²) in [5, 5.41) is 2.85. The minimum Gasteiger partial charge on any atom is -0.469 e. The Bertz CT molecular complexity index is 733. The third-order valence-electron chi connectivity index (χ3n) is 4.27. The first-order chi connectivity index (χ1) is 11.2. The van der Waals surface area contributed by atoms with E-state index in [0.29, 0.717) is 11.4 Å². The van der Waals surface area contributed by atoms with Crippen molar-refractivity contribution < 1.29 is 18.7 Å². The van der Waals surface area contributed by atoms with Crippen LogP contribution in [0.15, 0.2) is 47.1 Å². The highest BCUT2D eigenvalue weighted by Gasteiger charge is 2.47.